The van der Waals surface area contributed by atoms with Crippen molar-refractivity contribution in [3.8, 4) is 22.6 Å². The molecule has 10 nitrogen and oxygen atoms in total. The van der Waals surface area contributed by atoms with Crippen LogP contribution in [0.4, 0.5) is 27.9 Å². The summed E-state index contributed by atoms with van der Waals surface area (Å²) in [5, 5.41) is 19.4. The van der Waals surface area contributed by atoms with Gasteiger partial charge in [0.15, 0.2) is 17.1 Å². The second kappa shape index (κ2) is 10.9. The summed E-state index contributed by atoms with van der Waals surface area (Å²) in [5.41, 5.74) is 2.59. The molecule has 2 amide bonds. The van der Waals surface area contributed by atoms with Crippen molar-refractivity contribution in [1.29, 1.82) is 0 Å². The van der Waals surface area contributed by atoms with E-state index in [0.29, 0.717) is 55.1 Å². The largest absolute Gasteiger partial charge is 0.448 e. The highest BCUT2D eigenvalue weighted by molar-refractivity contribution is 6.39. The third-order valence-electron chi connectivity index (χ3n) is 5.93. The Kier molecular flexibility index (Phi) is 6.95. The SMILES string of the molecule is O=C(Nc1ccccc1)Nc1nc2nc(Nc3ccc4c(c3)OC(CO)O4)ncc2cc1-c1c(Cl)cccc1Cl. The van der Waals surface area contributed by atoms with Crippen molar-refractivity contribution in [3.63, 3.8) is 0 Å². The molecule has 40 heavy (non-hydrogen) atoms. The molecule has 0 bridgehead atoms. The highest BCUT2D eigenvalue weighted by Crippen LogP contribution is 2.40. The maximum absolute atomic E-state index is 12.9. The number of benzene rings is 3. The van der Waals surface area contributed by atoms with E-state index >= 15 is 0 Å². The molecule has 3 aromatic carbocycles. The molecule has 0 saturated carbocycles. The van der Waals surface area contributed by atoms with E-state index in [2.05, 4.69) is 30.9 Å². The highest BCUT2D eigenvalue weighted by Gasteiger charge is 2.24. The van der Waals surface area contributed by atoms with E-state index in [9.17, 15) is 9.90 Å². The van der Waals surface area contributed by atoms with Crippen molar-refractivity contribution in [2.24, 2.45) is 0 Å². The lowest BCUT2D eigenvalue weighted by Crippen LogP contribution is -2.22. The van der Waals surface area contributed by atoms with Crippen molar-refractivity contribution < 1.29 is 19.4 Å². The monoisotopic (exact) mass is 574 g/mol. The molecular formula is C28H20Cl2N6O4. The van der Waals surface area contributed by atoms with Gasteiger partial charge in [-0.1, -0.05) is 47.5 Å². The van der Waals surface area contributed by atoms with Gasteiger partial charge in [-0.25, -0.2) is 14.8 Å². The Morgan fingerprint density at radius 3 is 2.42 bits per heavy atom. The van der Waals surface area contributed by atoms with Gasteiger partial charge >= 0.3 is 6.03 Å². The lowest BCUT2D eigenvalue weighted by atomic mass is 10.0. The molecule has 12 heteroatoms. The number of halogens is 2. The van der Waals surface area contributed by atoms with Gasteiger partial charge in [0.25, 0.3) is 6.29 Å². The summed E-state index contributed by atoms with van der Waals surface area (Å²) in [6.45, 7) is -0.266. The first-order chi connectivity index (χ1) is 19.5. The topological polar surface area (TPSA) is 131 Å². The van der Waals surface area contributed by atoms with Crippen LogP contribution in [-0.4, -0.2) is 39.0 Å². The second-order valence-corrected chi connectivity index (χ2v) is 9.48. The van der Waals surface area contributed by atoms with Crippen LogP contribution in [0.1, 0.15) is 0 Å². The Morgan fingerprint density at radius 1 is 0.875 bits per heavy atom. The standard InChI is InChI=1S/C28H20Cl2N6O4/c29-19-7-4-8-20(30)24(19)18-11-15-13-31-27(32-17-9-10-21-22(12-17)40-23(14-37)39-21)35-25(15)34-26(18)36-28(38)33-16-5-2-1-3-6-16/h1-13,23,37H,14H2,(H3,31,32,33,34,35,36,38). The van der Waals surface area contributed by atoms with Gasteiger partial charge in [-0.2, -0.15) is 4.98 Å². The van der Waals surface area contributed by atoms with E-state index < -0.39 is 12.3 Å². The summed E-state index contributed by atoms with van der Waals surface area (Å²) in [7, 11) is 0. The number of rotatable bonds is 6. The second-order valence-electron chi connectivity index (χ2n) is 8.67. The van der Waals surface area contributed by atoms with Crippen LogP contribution in [0.5, 0.6) is 11.5 Å². The zero-order valence-electron chi connectivity index (χ0n) is 20.6. The normalized spacial score (nSPS) is 13.7. The van der Waals surface area contributed by atoms with Crippen LogP contribution in [-0.2, 0) is 0 Å². The Bertz CT molecular complexity index is 1720. The molecule has 2 aromatic heterocycles. The Balaban J connectivity index is 1.35. The van der Waals surface area contributed by atoms with E-state index in [1.54, 1.807) is 60.8 Å². The maximum Gasteiger partial charge on any atom is 0.324 e. The number of aliphatic hydroxyl groups excluding tert-OH is 1. The number of hydrogen-bond donors (Lipinski definition) is 4. The van der Waals surface area contributed by atoms with E-state index in [4.69, 9.17) is 32.7 Å². The van der Waals surface area contributed by atoms with Crippen LogP contribution >= 0.6 is 23.2 Å². The van der Waals surface area contributed by atoms with Gasteiger partial charge in [0.05, 0.1) is 10.0 Å². The van der Waals surface area contributed by atoms with Crippen molar-refractivity contribution in [2.75, 3.05) is 22.6 Å². The quantitative estimate of drug-likeness (QED) is 0.181. The van der Waals surface area contributed by atoms with E-state index in [1.165, 1.54) is 0 Å². The lowest BCUT2D eigenvalue weighted by molar-refractivity contribution is -0.000775. The highest BCUT2D eigenvalue weighted by atomic mass is 35.5. The Hall–Kier alpha value is -4.64. The van der Waals surface area contributed by atoms with Crippen LogP contribution in [0.2, 0.25) is 10.0 Å². The zero-order chi connectivity index (χ0) is 27.6. The van der Waals surface area contributed by atoms with E-state index in [-0.39, 0.29) is 18.4 Å². The number of nitrogens with one attached hydrogen (secondary N) is 3. The minimum absolute atomic E-state index is 0.207. The van der Waals surface area contributed by atoms with Gasteiger partial charge in [0.2, 0.25) is 5.95 Å². The van der Waals surface area contributed by atoms with Gasteiger partial charge in [0, 0.05) is 40.2 Å². The van der Waals surface area contributed by atoms with Crippen LogP contribution in [0.3, 0.4) is 0 Å². The molecule has 0 saturated heterocycles. The van der Waals surface area contributed by atoms with Crippen molar-refractivity contribution in [3.05, 3.63) is 89.0 Å². The summed E-state index contributed by atoms with van der Waals surface area (Å²) in [5.74, 6) is 1.49. The van der Waals surface area contributed by atoms with Gasteiger partial charge in [-0.05, 0) is 42.5 Å². The van der Waals surface area contributed by atoms with Gasteiger partial charge in [0.1, 0.15) is 12.4 Å². The molecule has 0 aliphatic carbocycles. The Morgan fingerprint density at radius 2 is 1.65 bits per heavy atom. The van der Waals surface area contributed by atoms with E-state index in [0.717, 1.165) is 0 Å². The molecule has 1 unspecified atom stereocenters. The smallest absolute Gasteiger partial charge is 0.324 e. The molecule has 1 aliphatic rings. The number of urea groups is 1. The molecule has 0 radical (unpaired) electrons. The van der Waals surface area contributed by atoms with Gasteiger partial charge in [-0.15, -0.1) is 0 Å². The Labute approximate surface area is 237 Å². The van der Waals surface area contributed by atoms with Crippen molar-refractivity contribution in [1.82, 2.24) is 15.0 Å². The fourth-order valence-corrected chi connectivity index (χ4v) is 4.74. The molecule has 0 fully saturated rings. The predicted molar refractivity (Wildman–Crippen MR) is 154 cm³/mol. The van der Waals surface area contributed by atoms with Gasteiger partial charge < -0.3 is 25.2 Å². The first-order valence-corrected chi connectivity index (χ1v) is 12.8. The number of amides is 2. The minimum Gasteiger partial charge on any atom is -0.448 e. The molecule has 1 aliphatic heterocycles. The first-order valence-electron chi connectivity index (χ1n) is 12.1. The number of pyridine rings is 1. The average Bonchev–Trinajstić information content (AvgIpc) is 3.36. The summed E-state index contributed by atoms with van der Waals surface area (Å²) in [6.07, 6.45) is 0.867. The number of para-hydroxylation sites is 1. The minimum atomic E-state index is -0.739. The fourth-order valence-electron chi connectivity index (χ4n) is 4.14. The number of nitrogens with zero attached hydrogens (tertiary/aromatic N) is 3. The molecule has 0 spiro atoms. The number of aliphatic hydroxyl groups is 1. The maximum atomic E-state index is 12.9. The summed E-state index contributed by atoms with van der Waals surface area (Å²) < 4.78 is 11.0. The average molecular weight is 575 g/mol. The number of fused-ring (bicyclic) bond motifs is 2. The lowest BCUT2D eigenvalue weighted by Gasteiger charge is -2.15. The molecular weight excluding hydrogens is 555 g/mol. The molecule has 6 rings (SSSR count). The molecule has 3 heterocycles. The molecule has 1 atom stereocenters. The molecule has 4 N–H and O–H groups in total. The number of ether oxygens (including phenoxy) is 2. The summed E-state index contributed by atoms with van der Waals surface area (Å²) >= 11 is 13.0. The summed E-state index contributed by atoms with van der Waals surface area (Å²) in [6, 6.07) is 20.6. The molecule has 5 aromatic rings. The van der Waals surface area contributed by atoms with Crippen molar-refractivity contribution >= 4 is 63.4 Å². The number of hydrogen-bond acceptors (Lipinski definition) is 8. The number of aromatic nitrogens is 3. The van der Waals surface area contributed by atoms with E-state index in [1.807, 2.05) is 18.2 Å². The molecule has 200 valence electrons. The van der Waals surface area contributed by atoms with Crippen LogP contribution in [0, 0.1) is 0 Å². The van der Waals surface area contributed by atoms with Crippen LogP contribution in [0.15, 0.2) is 79.0 Å². The van der Waals surface area contributed by atoms with Crippen LogP contribution in [0.25, 0.3) is 22.2 Å². The summed E-state index contributed by atoms with van der Waals surface area (Å²) in [4.78, 5) is 26.5. The first kappa shape index (κ1) is 25.6. The number of carbonyl (C=O) groups excluding carboxylic acids is 1. The van der Waals surface area contributed by atoms with Crippen molar-refractivity contribution in [2.45, 2.75) is 6.29 Å². The predicted octanol–water partition coefficient (Wildman–Crippen LogP) is 6.48. The number of anilines is 4. The third kappa shape index (κ3) is 5.28. The third-order valence-corrected chi connectivity index (χ3v) is 6.56. The zero-order valence-corrected chi connectivity index (χ0v) is 22.1. The fraction of sp³-hybridized carbons (Fsp3) is 0.0714. The van der Waals surface area contributed by atoms with Gasteiger partial charge in [-0.3, -0.25) is 5.32 Å². The van der Waals surface area contributed by atoms with Crippen LogP contribution < -0.4 is 25.4 Å². The number of carbonyl (C=O) groups is 1.